The smallest absolute Gasteiger partial charge is 0.408 e. The molecule has 1 aliphatic rings. The van der Waals surface area contributed by atoms with Crippen molar-refractivity contribution in [3.05, 3.63) is 0 Å². The Kier molecular flexibility index (Phi) is 2.52. The van der Waals surface area contributed by atoms with Crippen molar-refractivity contribution in [3.8, 4) is 0 Å². The first-order chi connectivity index (χ1) is 5.65. The van der Waals surface area contributed by atoms with E-state index in [1.54, 1.807) is 0 Å². The SMILES string of the molecule is CCC[C@@H]1OC(=O)N[C@@H]1C(=O)O. The predicted octanol–water partition coefficient (Wildman–Crippen LogP) is 0.348. The maximum atomic E-state index is 10.6. The van der Waals surface area contributed by atoms with E-state index in [1.807, 2.05) is 6.92 Å². The summed E-state index contributed by atoms with van der Waals surface area (Å²) >= 11 is 0. The molecule has 1 rings (SSSR count). The van der Waals surface area contributed by atoms with Crippen molar-refractivity contribution in [3.63, 3.8) is 0 Å². The number of amides is 1. The van der Waals surface area contributed by atoms with Crippen molar-refractivity contribution in [2.24, 2.45) is 0 Å². The number of alkyl carbamates (subject to hydrolysis) is 1. The normalized spacial score (nSPS) is 27.9. The first-order valence-corrected chi connectivity index (χ1v) is 3.85. The van der Waals surface area contributed by atoms with Crippen molar-refractivity contribution < 1.29 is 19.4 Å². The zero-order chi connectivity index (χ0) is 9.14. The molecule has 2 atom stereocenters. The van der Waals surface area contributed by atoms with Gasteiger partial charge in [-0.15, -0.1) is 0 Å². The van der Waals surface area contributed by atoms with Gasteiger partial charge < -0.3 is 15.2 Å². The summed E-state index contributed by atoms with van der Waals surface area (Å²) in [6.07, 6.45) is 0.222. The molecule has 1 amide bonds. The Labute approximate surface area is 69.7 Å². The van der Waals surface area contributed by atoms with E-state index in [0.717, 1.165) is 6.42 Å². The van der Waals surface area contributed by atoms with Gasteiger partial charge in [0.1, 0.15) is 6.10 Å². The number of carbonyl (C=O) groups is 2. The average molecular weight is 173 g/mol. The highest BCUT2D eigenvalue weighted by Gasteiger charge is 2.38. The van der Waals surface area contributed by atoms with Crippen LogP contribution in [0.15, 0.2) is 0 Å². The van der Waals surface area contributed by atoms with Crippen LogP contribution in [0, 0.1) is 0 Å². The van der Waals surface area contributed by atoms with Gasteiger partial charge in [0.2, 0.25) is 0 Å². The van der Waals surface area contributed by atoms with E-state index in [0.29, 0.717) is 6.42 Å². The highest BCUT2D eigenvalue weighted by molar-refractivity contribution is 5.83. The summed E-state index contributed by atoms with van der Waals surface area (Å²) in [5.41, 5.74) is 0. The zero-order valence-electron chi connectivity index (χ0n) is 6.74. The van der Waals surface area contributed by atoms with Crippen LogP contribution in [0.4, 0.5) is 4.79 Å². The van der Waals surface area contributed by atoms with E-state index in [2.05, 4.69) is 5.32 Å². The van der Waals surface area contributed by atoms with Crippen molar-refractivity contribution in [2.45, 2.75) is 31.9 Å². The minimum atomic E-state index is -1.04. The molecule has 0 saturated carbocycles. The van der Waals surface area contributed by atoms with E-state index >= 15 is 0 Å². The fourth-order valence-electron chi connectivity index (χ4n) is 1.19. The van der Waals surface area contributed by atoms with Crippen LogP contribution in [-0.2, 0) is 9.53 Å². The minimum Gasteiger partial charge on any atom is -0.480 e. The van der Waals surface area contributed by atoms with E-state index < -0.39 is 24.2 Å². The van der Waals surface area contributed by atoms with Crippen molar-refractivity contribution >= 4 is 12.1 Å². The number of cyclic esters (lactones) is 1. The molecule has 0 aromatic heterocycles. The lowest BCUT2D eigenvalue weighted by molar-refractivity contribution is -0.140. The standard InChI is InChI=1S/C7H11NO4/c1-2-3-4-5(6(9)10)8-7(11)12-4/h4-5H,2-3H2,1H3,(H,8,11)(H,9,10)/t4-,5-/m0/s1. The van der Waals surface area contributed by atoms with Crippen LogP contribution in [0.3, 0.4) is 0 Å². The second-order valence-corrected chi connectivity index (χ2v) is 2.69. The largest absolute Gasteiger partial charge is 0.480 e. The lowest BCUT2D eigenvalue weighted by atomic mass is 10.1. The van der Waals surface area contributed by atoms with Crippen LogP contribution < -0.4 is 5.32 Å². The molecule has 0 bridgehead atoms. The van der Waals surface area contributed by atoms with E-state index in [1.165, 1.54) is 0 Å². The highest BCUT2D eigenvalue weighted by atomic mass is 16.6. The predicted molar refractivity (Wildman–Crippen MR) is 39.7 cm³/mol. The number of aliphatic carboxylic acids is 1. The summed E-state index contributed by atoms with van der Waals surface area (Å²) in [4.78, 5) is 21.2. The Morgan fingerprint density at radius 3 is 2.92 bits per heavy atom. The maximum absolute atomic E-state index is 10.6. The van der Waals surface area contributed by atoms with Gasteiger partial charge in [0.25, 0.3) is 0 Å². The van der Waals surface area contributed by atoms with Gasteiger partial charge in [0.15, 0.2) is 6.04 Å². The third kappa shape index (κ3) is 1.66. The Bertz CT molecular complexity index is 204. The number of carboxylic acids is 1. The molecule has 1 heterocycles. The second kappa shape index (κ2) is 3.42. The topological polar surface area (TPSA) is 75.6 Å². The first-order valence-electron chi connectivity index (χ1n) is 3.85. The third-order valence-corrected chi connectivity index (χ3v) is 1.74. The van der Waals surface area contributed by atoms with Crippen molar-refractivity contribution in [2.75, 3.05) is 0 Å². The van der Waals surface area contributed by atoms with Gasteiger partial charge >= 0.3 is 12.1 Å². The quantitative estimate of drug-likeness (QED) is 0.645. The fourth-order valence-corrected chi connectivity index (χ4v) is 1.19. The van der Waals surface area contributed by atoms with Gasteiger partial charge in [-0.3, -0.25) is 0 Å². The second-order valence-electron chi connectivity index (χ2n) is 2.69. The van der Waals surface area contributed by atoms with E-state index in [4.69, 9.17) is 9.84 Å². The molecule has 0 aliphatic carbocycles. The van der Waals surface area contributed by atoms with Gasteiger partial charge in [-0.25, -0.2) is 9.59 Å². The Morgan fingerprint density at radius 2 is 2.42 bits per heavy atom. The number of ether oxygens (including phenoxy) is 1. The van der Waals surface area contributed by atoms with Crippen LogP contribution in [0.5, 0.6) is 0 Å². The molecule has 0 aromatic rings. The molecule has 12 heavy (non-hydrogen) atoms. The Morgan fingerprint density at radius 1 is 1.75 bits per heavy atom. The average Bonchev–Trinajstić information content (AvgIpc) is 2.32. The molecule has 0 aromatic carbocycles. The van der Waals surface area contributed by atoms with Crippen LogP contribution in [-0.4, -0.2) is 29.3 Å². The number of carboxylic acid groups (broad SMARTS) is 1. The molecule has 0 unspecified atom stereocenters. The van der Waals surface area contributed by atoms with Crippen molar-refractivity contribution in [1.82, 2.24) is 5.32 Å². The summed E-state index contributed by atoms with van der Waals surface area (Å²) in [6, 6.07) is -0.877. The van der Waals surface area contributed by atoms with Crippen LogP contribution in [0.25, 0.3) is 0 Å². The van der Waals surface area contributed by atoms with Gasteiger partial charge in [-0.2, -0.15) is 0 Å². The summed E-state index contributed by atoms with van der Waals surface area (Å²) in [5, 5.41) is 10.9. The number of nitrogens with one attached hydrogen (secondary N) is 1. The summed E-state index contributed by atoms with van der Waals surface area (Å²) in [7, 11) is 0. The molecule has 5 nitrogen and oxygen atoms in total. The molecule has 1 aliphatic heterocycles. The van der Waals surface area contributed by atoms with Crippen LogP contribution in [0.1, 0.15) is 19.8 Å². The molecule has 1 saturated heterocycles. The number of hydrogen-bond acceptors (Lipinski definition) is 3. The van der Waals surface area contributed by atoms with Crippen LogP contribution in [0.2, 0.25) is 0 Å². The Balaban J connectivity index is 2.59. The minimum absolute atomic E-state index is 0.514. The summed E-state index contributed by atoms with van der Waals surface area (Å²) < 4.78 is 4.74. The molecule has 1 fully saturated rings. The molecule has 0 radical (unpaired) electrons. The molecule has 2 N–H and O–H groups in total. The van der Waals surface area contributed by atoms with E-state index in [9.17, 15) is 9.59 Å². The van der Waals surface area contributed by atoms with Gasteiger partial charge in [0, 0.05) is 0 Å². The maximum Gasteiger partial charge on any atom is 0.408 e. The van der Waals surface area contributed by atoms with Gasteiger partial charge in [0.05, 0.1) is 0 Å². The van der Waals surface area contributed by atoms with Gasteiger partial charge in [-0.1, -0.05) is 13.3 Å². The zero-order valence-corrected chi connectivity index (χ0v) is 6.74. The van der Waals surface area contributed by atoms with E-state index in [-0.39, 0.29) is 0 Å². The molecule has 5 heteroatoms. The fraction of sp³-hybridized carbons (Fsp3) is 0.714. The summed E-state index contributed by atoms with van der Waals surface area (Å²) in [6.45, 7) is 1.91. The highest BCUT2D eigenvalue weighted by Crippen LogP contribution is 2.14. The molecule has 0 spiro atoms. The Hall–Kier alpha value is -1.26. The third-order valence-electron chi connectivity index (χ3n) is 1.74. The van der Waals surface area contributed by atoms with Crippen LogP contribution >= 0.6 is 0 Å². The van der Waals surface area contributed by atoms with Gasteiger partial charge in [-0.05, 0) is 6.42 Å². The number of hydrogen-bond donors (Lipinski definition) is 2. The lowest BCUT2D eigenvalue weighted by Crippen LogP contribution is -2.39. The molecular weight excluding hydrogens is 162 g/mol. The van der Waals surface area contributed by atoms with Crippen molar-refractivity contribution in [1.29, 1.82) is 0 Å². The number of carbonyl (C=O) groups excluding carboxylic acids is 1. The lowest BCUT2D eigenvalue weighted by Gasteiger charge is -2.10. The molecule has 68 valence electrons. The molecular formula is C7H11NO4. The summed E-state index contributed by atoms with van der Waals surface area (Å²) in [5.74, 6) is -1.04. The number of rotatable bonds is 3. The monoisotopic (exact) mass is 173 g/mol. The first kappa shape index (κ1) is 8.83.